The van der Waals surface area contributed by atoms with E-state index >= 15 is 0 Å². The van der Waals surface area contributed by atoms with Crippen molar-refractivity contribution < 1.29 is 12.8 Å². The van der Waals surface area contributed by atoms with E-state index in [4.69, 9.17) is 0 Å². The quantitative estimate of drug-likeness (QED) is 0.320. The lowest BCUT2D eigenvalue weighted by atomic mass is 9.96. The van der Waals surface area contributed by atoms with Crippen molar-refractivity contribution in [3.8, 4) is 5.69 Å². The van der Waals surface area contributed by atoms with E-state index in [0.717, 1.165) is 33.4 Å². The number of halogens is 1. The van der Waals surface area contributed by atoms with E-state index in [1.54, 1.807) is 34.7 Å². The normalized spacial score (nSPS) is 17.3. The SMILES string of the molecule is Cc1cc2c(cnn2-c2ccc(F)cc2)cc1[C@@H]1CN(S(=O)(=O)c2cnn(C)n2)CCN1Cc1ccn(C)n1. The molecule has 1 aliphatic heterocycles. The summed E-state index contributed by atoms with van der Waals surface area (Å²) in [7, 11) is -0.347. The van der Waals surface area contributed by atoms with Crippen LogP contribution in [-0.2, 0) is 30.7 Å². The largest absolute Gasteiger partial charge is 0.288 e. The highest BCUT2D eigenvalue weighted by Crippen LogP contribution is 2.34. The first-order valence-electron chi connectivity index (χ1n) is 12.5. The highest BCUT2D eigenvalue weighted by Gasteiger charge is 2.37. The van der Waals surface area contributed by atoms with Crippen LogP contribution in [0.3, 0.4) is 0 Å². The van der Waals surface area contributed by atoms with Gasteiger partial charge in [0, 0.05) is 57.9 Å². The first-order chi connectivity index (χ1) is 18.7. The maximum absolute atomic E-state index is 13.5. The Bertz CT molecular complexity index is 1760. The van der Waals surface area contributed by atoms with Gasteiger partial charge in [-0.25, -0.2) is 17.5 Å². The van der Waals surface area contributed by atoms with Crippen LogP contribution in [-0.4, -0.2) is 71.8 Å². The van der Waals surface area contributed by atoms with Crippen molar-refractivity contribution in [1.29, 1.82) is 0 Å². The second-order valence-electron chi connectivity index (χ2n) is 9.80. The summed E-state index contributed by atoms with van der Waals surface area (Å²) < 4.78 is 45.4. The Labute approximate surface area is 225 Å². The van der Waals surface area contributed by atoms with Gasteiger partial charge >= 0.3 is 0 Å². The summed E-state index contributed by atoms with van der Waals surface area (Å²) >= 11 is 0. The monoisotopic (exact) mass is 549 g/mol. The molecular formula is C26H28FN9O2S. The van der Waals surface area contributed by atoms with Gasteiger partial charge in [-0.15, -0.1) is 5.10 Å². The van der Waals surface area contributed by atoms with Crippen LogP contribution in [0, 0.1) is 12.7 Å². The van der Waals surface area contributed by atoms with E-state index in [1.165, 1.54) is 27.4 Å². The predicted molar refractivity (Wildman–Crippen MR) is 142 cm³/mol. The lowest BCUT2D eigenvalue weighted by molar-refractivity contribution is 0.109. The van der Waals surface area contributed by atoms with Gasteiger partial charge in [-0.2, -0.15) is 24.4 Å². The Morgan fingerprint density at radius 3 is 2.49 bits per heavy atom. The Hall–Kier alpha value is -3.94. The summed E-state index contributed by atoms with van der Waals surface area (Å²) in [4.78, 5) is 3.52. The minimum atomic E-state index is -3.82. The van der Waals surface area contributed by atoms with E-state index in [0.29, 0.717) is 19.6 Å². The van der Waals surface area contributed by atoms with Crippen molar-refractivity contribution in [1.82, 2.24) is 43.8 Å². The third-order valence-electron chi connectivity index (χ3n) is 7.16. The van der Waals surface area contributed by atoms with Crippen LogP contribution >= 0.6 is 0 Å². The van der Waals surface area contributed by atoms with Crippen LogP contribution in [0.1, 0.15) is 22.9 Å². The first kappa shape index (κ1) is 25.3. The minimum Gasteiger partial charge on any atom is -0.288 e. The molecule has 11 nitrogen and oxygen atoms in total. The van der Waals surface area contributed by atoms with Crippen molar-refractivity contribution in [3.63, 3.8) is 0 Å². The van der Waals surface area contributed by atoms with E-state index in [1.807, 2.05) is 26.2 Å². The summed E-state index contributed by atoms with van der Waals surface area (Å²) in [6, 6.07) is 12.1. The second kappa shape index (κ2) is 9.67. The van der Waals surface area contributed by atoms with Gasteiger partial charge in [0.05, 0.1) is 29.3 Å². The van der Waals surface area contributed by atoms with Crippen molar-refractivity contribution >= 4 is 20.9 Å². The number of piperazine rings is 1. The Kier molecular flexibility index (Phi) is 6.28. The predicted octanol–water partition coefficient (Wildman–Crippen LogP) is 2.58. The van der Waals surface area contributed by atoms with Gasteiger partial charge in [-0.1, -0.05) is 0 Å². The molecule has 0 radical (unpaired) electrons. The summed E-state index contributed by atoms with van der Waals surface area (Å²) in [6.07, 6.45) is 4.97. The fraction of sp³-hybridized carbons (Fsp3) is 0.308. The lowest BCUT2D eigenvalue weighted by Gasteiger charge is -2.41. The molecule has 4 heterocycles. The molecule has 13 heteroatoms. The third kappa shape index (κ3) is 4.73. The average Bonchev–Trinajstić information content (AvgIpc) is 3.64. The molecule has 1 aliphatic rings. The van der Waals surface area contributed by atoms with Gasteiger partial charge in [0.15, 0.2) is 0 Å². The Morgan fingerprint density at radius 2 is 1.79 bits per heavy atom. The van der Waals surface area contributed by atoms with Crippen LogP contribution in [0.25, 0.3) is 16.6 Å². The van der Waals surface area contributed by atoms with Gasteiger partial charge in [-0.3, -0.25) is 9.58 Å². The number of hydrogen-bond acceptors (Lipinski definition) is 7. The molecule has 0 saturated carbocycles. The zero-order chi connectivity index (χ0) is 27.3. The molecule has 1 saturated heterocycles. The van der Waals surface area contributed by atoms with Crippen molar-refractivity contribution in [2.24, 2.45) is 14.1 Å². The van der Waals surface area contributed by atoms with Crippen LogP contribution in [0.5, 0.6) is 0 Å². The van der Waals surface area contributed by atoms with Crippen molar-refractivity contribution in [3.05, 3.63) is 83.7 Å². The second-order valence-corrected chi connectivity index (χ2v) is 11.7. The standard InChI is InChI=1S/C26H28FN9O2S/c1-18-12-24-19(14-29-36(24)22-6-4-20(27)5-7-22)13-23(18)25-17-35(39(37,38)26-15-28-33(3)31-26)11-10-34(25)16-21-8-9-32(2)30-21/h4-9,12-15,25H,10-11,16-17H2,1-3H3/t25-/m0/s1. The highest BCUT2D eigenvalue weighted by atomic mass is 32.2. The van der Waals surface area contributed by atoms with Gasteiger partial charge in [0.2, 0.25) is 5.03 Å². The first-order valence-corrected chi connectivity index (χ1v) is 14.0. The molecule has 1 fully saturated rings. The zero-order valence-corrected chi connectivity index (χ0v) is 22.6. The number of fused-ring (bicyclic) bond motifs is 1. The number of aromatic nitrogens is 7. The molecule has 2 aromatic carbocycles. The number of nitrogens with zero attached hydrogens (tertiary/aromatic N) is 9. The minimum absolute atomic E-state index is 0.0605. The lowest BCUT2D eigenvalue weighted by Crippen LogP contribution is -2.50. The summed E-state index contributed by atoms with van der Waals surface area (Å²) in [5.74, 6) is -0.306. The molecule has 202 valence electrons. The van der Waals surface area contributed by atoms with Gasteiger partial charge in [0.25, 0.3) is 10.0 Å². The summed E-state index contributed by atoms with van der Waals surface area (Å²) in [5.41, 5.74) is 4.57. The number of hydrogen-bond donors (Lipinski definition) is 0. The number of sulfonamides is 1. The molecule has 6 rings (SSSR count). The van der Waals surface area contributed by atoms with E-state index < -0.39 is 10.0 Å². The molecule has 39 heavy (non-hydrogen) atoms. The van der Waals surface area contributed by atoms with E-state index in [9.17, 15) is 12.8 Å². The zero-order valence-electron chi connectivity index (χ0n) is 21.8. The average molecular weight is 550 g/mol. The Balaban J connectivity index is 1.39. The summed E-state index contributed by atoms with van der Waals surface area (Å²) in [5, 5.41) is 18.0. The molecule has 0 bridgehead atoms. The van der Waals surface area contributed by atoms with Crippen molar-refractivity contribution in [2.75, 3.05) is 19.6 Å². The van der Waals surface area contributed by atoms with Gasteiger partial charge < -0.3 is 0 Å². The molecule has 0 unspecified atom stereocenters. The third-order valence-corrected chi connectivity index (χ3v) is 8.88. The number of rotatable bonds is 6. The van der Waals surface area contributed by atoms with Crippen LogP contribution < -0.4 is 0 Å². The van der Waals surface area contributed by atoms with Gasteiger partial charge in [-0.05, 0) is 60.5 Å². The highest BCUT2D eigenvalue weighted by molar-refractivity contribution is 7.89. The number of benzene rings is 2. The maximum atomic E-state index is 13.5. The number of aryl methyl sites for hydroxylation is 3. The molecule has 0 N–H and O–H groups in total. The fourth-order valence-electron chi connectivity index (χ4n) is 5.17. The summed E-state index contributed by atoms with van der Waals surface area (Å²) in [6.45, 7) is 3.70. The van der Waals surface area contributed by atoms with Crippen LogP contribution in [0.15, 0.2) is 66.1 Å². The smallest absolute Gasteiger partial charge is 0.264 e. The molecule has 1 atom stereocenters. The molecule has 0 aliphatic carbocycles. The fourth-order valence-corrected chi connectivity index (χ4v) is 6.50. The molecule has 3 aromatic heterocycles. The van der Waals surface area contributed by atoms with Gasteiger partial charge in [0.1, 0.15) is 5.82 Å². The topological polar surface area (TPSA) is 107 Å². The van der Waals surface area contributed by atoms with Crippen molar-refractivity contribution in [2.45, 2.75) is 24.5 Å². The molecular weight excluding hydrogens is 521 g/mol. The molecule has 5 aromatic rings. The van der Waals surface area contributed by atoms with Crippen LogP contribution in [0.4, 0.5) is 4.39 Å². The van der Waals surface area contributed by atoms with Crippen LogP contribution in [0.2, 0.25) is 0 Å². The maximum Gasteiger partial charge on any atom is 0.264 e. The molecule has 0 spiro atoms. The molecule has 0 amide bonds. The van der Waals surface area contributed by atoms with E-state index in [2.05, 4.69) is 37.4 Å². The Morgan fingerprint density at radius 1 is 1.00 bits per heavy atom. The van der Waals surface area contributed by atoms with E-state index in [-0.39, 0.29) is 23.4 Å².